The van der Waals surface area contributed by atoms with Crippen LogP contribution in [0.15, 0.2) is 6.20 Å². The van der Waals surface area contributed by atoms with Gasteiger partial charge in [0.05, 0.1) is 25.5 Å². The first kappa shape index (κ1) is 16.3. The fourth-order valence-electron chi connectivity index (χ4n) is 3.35. The second kappa shape index (κ2) is 7.80. The quantitative estimate of drug-likeness (QED) is 0.836. The molecular weight excluding hydrogens is 264 g/mol. The topological polar surface area (TPSA) is 42.3 Å². The molecule has 1 aliphatic rings. The van der Waals surface area contributed by atoms with Crippen LogP contribution in [0.5, 0.6) is 5.75 Å². The normalized spacial score (nSPS) is 22.7. The number of nitrogens with one attached hydrogen (secondary N) is 1. The number of ether oxygens (including phenoxy) is 1. The van der Waals surface area contributed by atoms with Gasteiger partial charge in [-0.05, 0) is 33.5 Å². The van der Waals surface area contributed by atoms with Gasteiger partial charge < -0.3 is 15.0 Å². The molecule has 5 nitrogen and oxygen atoms in total. The largest absolute Gasteiger partial charge is 0.493 e. The van der Waals surface area contributed by atoms with Crippen LogP contribution >= 0.6 is 0 Å². The summed E-state index contributed by atoms with van der Waals surface area (Å²) in [7, 11) is 5.95. The van der Waals surface area contributed by atoms with Crippen molar-refractivity contribution in [1.29, 1.82) is 0 Å². The van der Waals surface area contributed by atoms with Gasteiger partial charge in [0.2, 0.25) is 0 Å². The molecule has 1 saturated carbocycles. The standard InChI is InChI=1S/C16H30N4O/c1-5-17-14-9-7-6-8-13(14)16-15(21-4)12-18-20(16)11-10-19(2)3/h12-14,17H,5-11H2,1-4H3. The van der Waals surface area contributed by atoms with E-state index >= 15 is 0 Å². The van der Waals surface area contributed by atoms with E-state index in [1.54, 1.807) is 7.11 Å². The smallest absolute Gasteiger partial charge is 0.160 e. The molecule has 0 bridgehead atoms. The summed E-state index contributed by atoms with van der Waals surface area (Å²) in [5.41, 5.74) is 1.28. The van der Waals surface area contributed by atoms with Gasteiger partial charge in [-0.25, -0.2) is 0 Å². The monoisotopic (exact) mass is 294 g/mol. The Labute approximate surface area is 128 Å². The van der Waals surface area contributed by atoms with Crippen molar-refractivity contribution in [2.24, 2.45) is 0 Å². The van der Waals surface area contributed by atoms with Crippen LogP contribution < -0.4 is 10.1 Å². The van der Waals surface area contributed by atoms with Crippen molar-refractivity contribution < 1.29 is 4.74 Å². The molecule has 0 amide bonds. The summed E-state index contributed by atoms with van der Waals surface area (Å²) >= 11 is 0. The number of nitrogens with zero attached hydrogens (tertiary/aromatic N) is 3. The van der Waals surface area contributed by atoms with Crippen LogP contribution in [-0.4, -0.2) is 55.0 Å². The fourth-order valence-corrected chi connectivity index (χ4v) is 3.35. The number of aromatic nitrogens is 2. The van der Waals surface area contributed by atoms with Gasteiger partial charge in [-0.15, -0.1) is 0 Å². The maximum absolute atomic E-state index is 5.59. The molecule has 0 aliphatic heterocycles. The molecule has 0 radical (unpaired) electrons. The lowest BCUT2D eigenvalue weighted by Gasteiger charge is -2.33. The molecule has 0 aromatic carbocycles. The zero-order valence-corrected chi connectivity index (χ0v) is 13.9. The van der Waals surface area contributed by atoms with Gasteiger partial charge in [-0.1, -0.05) is 19.8 Å². The van der Waals surface area contributed by atoms with E-state index in [4.69, 9.17) is 4.74 Å². The predicted molar refractivity (Wildman–Crippen MR) is 86.0 cm³/mol. The fraction of sp³-hybridized carbons (Fsp3) is 0.812. The van der Waals surface area contributed by atoms with Crippen molar-refractivity contribution in [3.63, 3.8) is 0 Å². The van der Waals surface area contributed by atoms with E-state index in [2.05, 4.69) is 41.0 Å². The lowest BCUT2D eigenvalue weighted by molar-refractivity contribution is 0.299. The number of methoxy groups -OCH3 is 1. The van der Waals surface area contributed by atoms with Gasteiger partial charge in [-0.3, -0.25) is 4.68 Å². The minimum Gasteiger partial charge on any atom is -0.493 e. The lowest BCUT2D eigenvalue weighted by atomic mass is 9.82. The van der Waals surface area contributed by atoms with Crippen LogP contribution in [0, 0.1) is 0 Å². The maximum atomic E-state index is 5.59. The van der Waals surface area contributed by atoms with E-state index in [-0.39, 0.29) is 0 Å². The van der Waals surface area contributed by atoms with Crippen molar-refractivity contribution in [2.45, 2.75) is 51.1 Å². The highest BCUT2D eigenvalue weighted by Crippen LogP contribution is 2.37. The van der Waals surface area contributed by atoms with E-state index in [1.807, 2.05) is 6.20 Å². The van der Waals surface area contributed by atoms with Crippen molar-refractivity contribution in [3.05, 3.63) is 11.9 Å². The molecule has 2 unspecified atom stereocenters. The Morgan fingerprint density at radius 3 is 2.81 bits per heavy atom. The Hall–Kier alpha value is -1.07. The second-order valence-electron chi connectivity index (χ2n) is 6.18. The molecular formula is C16H30N4O. The number of likely N-dealkylation sites (N-methyl/N-ethyl adjacent to an activating group) is 2. The van der Waals surface area contributed by atoms with E-state index in [0.29, 0.717) is 12.0 Å². The van der Waals surface area contributed by atoms with Gasteiger partial charge in [-0.2, -0.15) is 5.10 Å². The minimum atomic E-state index is 0.512. The summed E-state index contributed by atoms with van der Waals surface area (Å²) in [5.74, 6) is 1.46. The van der Waals surface area contributed by atoms with E-state index in [0.717, 1.165) is 25.4 Å². The predicted octanol–water partition coefficient (Wildman–Crippen LogP) is 2.09. The summed E-state index contributed by atoms with van der Waals surface area (Å²) in [4.78, 5) is 2.20. The Balaban J connectivity index is 2.23. The summed E-state index contributed by atoms with van der Waals surface area (Å²) < 4.78 is 7.74. The summed E-state index contributed by atoms with van der Waals surface area (Å²) in [6, 6.07) is 0.549. The molecule has 1 heterocycles. The molecule has 1 aromatic rings. The summed E-state index contributed by atoms with van der Waals surface area (Å²) in [6.07, 6.45) is 6.97. The molecule has 1 fully saturated rings. The third-order valence-electron chi connectivity index (χ3n) is 4.41. The van der Waals surface area contributed by atoms with Crippen molar-refractivity contribution in [1.82, 2.24) is 20.0 Å². The lowest BCUT2D eigenvalue weighted by Crippen LogP contribution is -2.38. The molecule has 0 saturated heterocycles. The van der Waals surface area contributed by atoms with Crippen molar-refractivity contribution >= 4 is 0 Å². The summed E-state index contributed by atoms with van der Waals surface area (Å²) in [6.45, 7) is 5.12. The van der Waals surface area contributed by atoms with Gasteiger partial charge >= 0.3 is 0 Å². The minimum absolute atomic E-state index is 0.512. The van der Waals surface area contributed by atoms with Crippen LogP contribution in [0.2, 0.25) is 0 Å². The van der Waals surface area contributed by atoms with Crippen LogP contribution in [0.4, 0.5) is 0 Å². The Kier molecular flexibility index (Phi) is 6.06. The first-order valence-corrected chi connectivity index (χ1v) is 8.15. The Morgan fingerprint density at radius 1 is 1.38 bits per heavy atom. The highest BCUT2D eigenvalue weighted by Gasteiger charge is 2.31. The zero-order chi connectivity index (χ0) is 15.2. The molecule has 5 heteroatoms. The second-order valence-corrected chi connectivity index (χ2v) is 6.18. The van der Waals surface area contributed by atoms with Crippen molar-refractivity contribution in [3.8, 4) is 5.75 Å². The Bertz CT molecular complexity index is 428. The van der Waals surface area contributed by atoms with Gasteiger partial charge in [0.1, 0.15) is 0 Å². The molecule has 1 aliphatic carbocycles. The van der Waals surface area contributed by atoms with E-state index in [9.17, 15) is 0 Å². The van der Waals surface area contributed by atoms with E-state index < -0.39 is 0 Å². The number of rotatable bonds is 7. The van der Waals surface area contributed by atoms with E-state index in [1.165, 1.54) is 31.4 Å². The van der Waals surface area contributed by atoms with Gasteiger partial charge in [0.15, 0.2) is 5.75 Å². The third-order valence-corrected chi connectivity index (χ3v) is 4.41. The highest BCUT2D eigenvalue weighted by molar-refractivity contribution is 5.30. The first-order valence-electron chi connectivity index (χ1n) is 8.15. The maximum Gasteiger partial charge on any atom is 0.160 e. The van der Waals surface area contributed by atoms with Crippen molar-refractivity contribution in [2.75, 3.05) is 34.3 Å². The molecule has 2 atom stereocenters. The van der Waals surface area contributed by atoms with Crippen LogP contribution in [0.1, 0.15) is 44.2 Å². The van der Waals surface area contributed by atoms with Crippen LogP contribution in [-0.2, 0) is 6.54 Å². The van der Waals surface area contributed by atoms with Gasteiger partial charge in [0.25, 0.3) is 0 Å². The molecule has 120 valence electrons. The third kappa shape index (κ3) is 3.98. The van der Waals surface area contributed by atoms with Gasteiger partial charge in [0, 0.05) is 18.5 Å². The SMILES string of the molecule is CCNC1CCCCC1c1c(OC)cnn1CCN(C)C. The average Bonchev–Trinajstić information content (AvgIpc) is 2.89. The van der Waals surface area contributed by atoms with Crippen LogP contribution in [0.3, 0.4) is 0 Å². The summed E-state index contributed by atoms with van der Waals surface area (Å²) in [5, 5.41) is 8.23. The molecule has 2 rings (SSSR count). The number of hydrogen-bond acceptors (Lipinski definition) is 4. The molecule has 21 heavy (non-hydrogen) atoms. The Morgan fingerprint density at radius 2 is 2.14 bits per heavy atom. The van der Waals surface area contributed by atoms with Crippen LogP contribution in [0.25, 0.3) is 0 Å². The zero-order valence-electron chi connectivity index (χ0n) is 13.9. The molecule has 0 spiro atoms. The molecule has 1 N–H and O–H groups in total. The number of hydrogen-bond donors (Lipinski definition) is 1. The average molecular weight is 294 g/mol. The first-order chi connectivity index (χ1) is 10.2. The molecule has 1 aromatic heterocycles. The highest BCUT2D eigenvalue weighted by atomic mass is 16.5.